The van der Waals surface area contributed by atoms with Crippen LogP contribution < -0.4 is 10.9 Å². The van der Waals surface area contributed by atoms with Crippen molar-refractivity contribution >= 4 is 17.7 Å². The first kappa shape index (κ1) is 18.3. The minimum atomic E-state index is -0.240. The summed E-state index contributed by atoms with van der Waals surface area (Å²) in [5.41, 5.74) is 0.0634. The van der Waals surface area contributed by atoms with Crippen LogP contribution in [0, 0.1) is 0 Å². The largest absolute Gasteiger partial charge is 0.376 e. The van der Waals surface area contributed by atoms with Gasteiger partial charge in [0.15, 0.2) is 0 Å². The molecule has 6 nitrogen and oxygen atoms in total. The number of nitrogens with zero attached hydrogens (tertiary/aromatic N) is 2. The highest BCUT2D eigenvalue weighted by Gasteiger charge is 2.44. The van der Waals surface area contributed by atoms with Gasteiger partial charge in [-0.25, -0.2) is 4.68 Å². The van der Waals surface area contributed by atoms with Crippen LogP contribution in [-0.2, 0) is 11.3 Å². The van der Waals surface area contributed by atoms with Gasteiger partial charge in [0.05, 0.1) is 12.6 Å². The lowest BCUT2D eigenvalue weighted by Crippen LogP contribution is -2.35. The number of carbonyl (C=O) groups is 1. The maximum Gasteiger partial charge on any atom is 0.271 e. The molecule has 142 valence electrons. The molecule has 2 fully saturated rings. The standard InChI is InChI=1S/C20H23N3O3S/c24-18-9-8-17(22-23(18)13-15-5-4-12-26-15)19(25)21-14-20(10-11-20)27-16-6-2-1-3-7-16/h1-3,6-9,15H,4-5,10-14H2,(H,21,25). The summed E-state index contributed by atoms with van der Waals surface area (Å²) in [5.74, 6) is -0.240. The maximum atomic E-state index is 12.5. The van der Waals surface area contributed by atoms with Crippen molar-refractivity contribution in [1.29, 1.82) is 0 Å². The van der Waals surface area contributed by atoms with E-state index in [-0.39, 0.29) is 28.0 Å². The summed E-state index contributed by atoms with van der Waals surface area (Å²) in [7, 11) is 0. The second-order valence-corrected chi connectivity index (χ2v) is 8.70. The lowest BCUT2D eigenvalue weighted by atomic mass is 10.2. The summed E-state index contributed by atoms with van der Waals surface area (Å²) < 4.78 is 6.98. The predicted octanol–water partition coefficient (Wildman–Crippen LogP) is 2.48. The van der Waals surface area contributed by atoms with Crippen LogP contribution in [0.15, 0.2) is 52.2 Å². The van der Waals surface area contributed by atoms with Gasteiger partial charge in [-0.3, -0.25) is 9.59 Å². The van der Waals surface area contributed by atoms with Crippen LogP contribution in [-0.4, -0.2) is 39.7 Å². The molecule has 2 aliphatic rings. The molecule has 2 aromatic rings. The highest BCUT2D eigenvalue weighted by atomic mass is 32.2. The van der Waals surface area contributed by atoms with Gasteiger partial charge in [0.2, 0.25) is 0 Å². The normalized spacial score (nSPS) is 20.4. The van der Waals surface area contributed by atoms with Gasteiger partial charge < -0.3 is 10.1 Å². The number of carbonyl (C=O) groups excluding carboxylic acids is 1. The number of amides is 1. The second kappa shape index (κ2) is 7.86. The molecule has 27 heavy (non-hydrogen) atoms. The zero-order valence-electron chi connectivity index (χ0n) is 15.1. The topological polar surface area (TPSA) is 73.2 Å². The minimum Gasteiger partial charge on any atom is -0.376 e. The predicted molar refractivity (Wildman–Crippen MR) is 104 cm³/mol. The van der Waals surface area contributed by atoms with Crippen molar-refractivity contribution in [3.05, 3.63) is 58.5 Å². The molecule has 0 spiro atoms. The minimum absolute atomic E-state index is 0.00511. The second-order valence-electron chi connectivity index (χ2n) is 7.15. The fourth-order valence-electron chi connectivity index (χ4n) is 3.21. The van der Waals surface area contributed by atoms with Crippen LogP contribution in [0.4, 0.5) is 0 Å². The number of benzene rings is 1. The van der Waals surface area contributed by atoms with Crippen molar-refractivity contribution in [2.75, 3.05) is 13.2 Å². The summed E-state index contributed by atoms with van der Waals surface area (Å²) >= 11 is 1.81. The number of thioether (sulfide) groups is 1. The lowest BCUT2D eigenvalue weighted by molar-refractivity contribution is 0.0897. The molecule has 1 aromatic carbocycles. The quantitative estimate of drug-likeness (QED) is 0.793. The van der Waals surface area contributed by atoms with E-state index in [4.69, 9.17) is 4.74 Å². The average Bonchev–Trinajstić information content (AvgIpc) is 3.24. The molecule has 1 aromatic heterocycles. The first-order valence-corrected chi connectivity index (χ1v) is 10.2. The molecule has 1 saturated carbocycles. The van der Waals surface area contributed by atoms with Crippen LogP contribution in [0.1, 0.15) is 36.2 Å². The van der Waals surface area contributed by atoms with Crippen molar-refractivity contribution in [1.82, 2.24) is 15.1 Å². The summed E-state index contributed by atoms with van der Waals surface area (Å²) in [6, 6.07) is 13.1. The molecule has 1 aliphatic heterocycles. The summed E-state index contributed by atoms with van der Waals surface area (Å²) in [5, 5.41) is 7.24. The average molecular weight is 385 g/mol. The van der Waals surface area contributed by atoms with Crippen molar-refractivity contribution in [2.24, 2.45) is 0 Å². The molecule has 2 heterocycles. The van der Waals surface area contributed by atoms with Gasteiger partial charge in [-0.1, -0.05) is 18.2 Å². The number of hydrogen-bond donors (Lipinski definition) is 1. The Labute approximate surface area is 162 Å². The molecule has 1 saturated heterocycles. The fourth-order valence-corrected chi connectivity index (χ4v) is 4.45. The zero-order chi connectivity index (χ0) is 18.7. The Hall–Kier alpha value is -2.12. The third-order valence-corrected chi connectivity index (χ3v) is 6.45. The molecule has 7 heteroatoms. The third kappa shape index (κ3) is 4.59. The molecule has 1 N–H and O–H groups in total. The van der Waals surface area contributed by atoms with Crippen LogP contribution >= 0.6 is 11.8 Å². The first-order chi connectivity index (χ1) is 13.1. The summed E-state index contributed by atoms with van der Waals surface area (Å²) in [4.78, 5) is 25.8. The zero-order valence-corrected chi connectivity index (χ0v) is 15.9. The molecule has 1 atom stereocenters. The number of nitrogens with one attached hydrogen (secondary N) is 1. The lowest BCUT2D eigenvalue weighted by Gasteiger charge is -2.16. The number of ether oxygens (including phenoxy) is 1. The van der Waals surface area contributed by atoms with E-state index in [0.717, 1.165) is 32.3 Å². The SMILES string of the molecule is O=C(NCC1(Sc2ccccc2)CC1)c1ccc(=O)n(CC2CCCO2)n1. The Morgan fingerprint density at radius 1 is 1.26 bits per heavy atom. The Kier molecular flexibility index (Phi) is 5.31. The monoisotopic (exact) mass is 385 g/mol. The van der Waals surface area contributed by atoms with Gasteiger partial charge in [-0.15, -0.1) is 11.8 Å². The van der Waals surface area contributed by atoms with Gasteiger partial charge >= 0.3 is 0 Å². The molecule has 4 rings (SSSR count). The first-order valence-electron chi connectivity index (χ1n) is 9.36. The summed E-state index contributed by atoms with van der Waals surface area (Å²) in [6.07, 6.45) is 4.09. The number of rotatable bonds is 7. The van der Waals surface area contributed by atoms with Gasteiger partial charge in [0, 0.05) is 28.9 Å². The fraction of sp³-hybridized carbons (Fsp3) is 0.450. The van der Waals surface area contributed by atoms with Gasteiger partial charge in [-0.05, 0) is 43.9 Å². The molecular formula is C20H23N3O3S. The van der Waals surface area contributed by atoms with Crippen LogP contribution in [0.3, 0.4) is 0 Å². The molecule has 1 amide bonds. The van der Waals surface area contributed by atoms with Crippen LogP contribution in [0.2, 0.25) is 0 Å². The van der Waals surface area contributed by atoms with Crippen LogP contribution in [0.25, 0.3) is 0 Å². The molecule has 1 aliphatic carbocycles. The van der Waals surface area contributed by atoms with E-state index < -0.39 is 0 Å². The van der Waals surface area contributed by atoms with Crippen molar-refractivity contribution < 1.29 is 9.53 Å². The highest BCUT2D eigenvalue weighted by molar-refractivity contribution is 8.01. The van der Waals surface area contributed by atoms with Crippen molar-refractivity contribution in [3.8, 4) is 0 Å². The van der Waals surface area contributed by atoms with Gasteiger partial charge in [-0.2, -0.15) is 5.10 Å². The van der Waals surface area contributed by atoms with Crippen molar-refractivity contribution in [2.45, 2.75) is 48.0 Å². The Morgan fingerprint density at radius 2 is 2.07 bits per heavy atom. The Balaban J connectivity index is 1.37. The van der Waals surface area contributed by atoms with E-state index in [1.54, 1.807) is 0 Å². The molecule has 0 radical (unpaired) electrons. The van der Waals surface area contributed by atoms with Crippen molar-refractivity contribution in [3.63, 3.8) is 0 Å². The van der Waals surface area contributed by atoms with E-state index >= 15 is 0 Å². The molecule has 0 bridgehead atoms. The summed E-state index contributed by atoms with van der Waals surface area (Å²) in [6.45, 7) is 1.71. The maximum absolute atomic E-state index is 12.5. The van der Waals surface area contributed by atoms with E-state index in [1.807, 2.05) is 30.0 Å². The van der Waals surface area contributed by atoms with Crippen LogP contribution in [0.5, 0.6) is 0 Å². The van der Waals surface area contributed by atoms with Gasteiger partial charge in [0.25, 0.3) is 11.5 Å². The third-order valence-electron chi connectivity index (χ3n) is 4.96. The van der Waals surface area contributed by atoms with E-state index in [2.05, 4.69) is 22.5 Å². The molecule has 1 unspecified atom stereocenters. The Morgan fingerprint density at radius 3 is 2.78 bits per heavy atom. The van der Waals surface area contributed by atoms with E-state index in [9.17, 15) is 9.59 Å². The number of aromatic nitrogens is 2. The van der Waals surface area contributed by atoms with Gasteiger partial charge in [0.1, 0.15) is 5.69 Å². The number of hydrogen-bond acceptors (Lipinski definition) is 5. The van der Waals surface area contributed by atoms with E-state index in [0.29, 0.717) is 13.1 Å². The smallest absolute Gasteiger partial charge is 0.271 e. The van der Waals surface area contributed by atoms with E-state index in [1.165, 1.54) is 21.7 Å². The molecular weight excluding hydrogens is 362 g/mol. The Bertz CT molecular complexity index is 858. The highest BCUT2D eigenvalue weighted by Crippen LogP contribution is 2.51.